The molecule has 0 bridgehead atoms. The molecule has 18 heavy (non-hydrogen) atoms. The Morgan fingerprint density at radius 3 is 2.39 bits per heavy atom. The molecule has 0 aliphatic rings. The highest BCUT2D eigenvalue weighted by Gasteiger charge is 2.19. The van der Waals surface area contributed by atoms with Crippen LogP contribution < -0.4 is 0 Å². The lowest BCUT2D eigenvalue weighted by Gasteiger charge is -2.10. The van der Waals surface area contributed by atoms with E-state index in [9.17, 15) is 8.42 Å². The molecule has 0 aliphatic heterocycles. The van der Waals surface area contributed by atoms with Gasteiger partial charge in [-0.3, -0.25) is 0 Å². The molecule has 0 radical (unpaired) electrons. The van der Waals surface area contributed by atoms with Crippen LogP contribution in [0.15, 0.2) is 11.2 Å². The molecule has 1 aromatic heterocycles. The number of rotatable bonds is 6. The molecule has 0 atom stereocenters. The second-order valence-electron chi connectivity index (χ2n) is 5.26. The molecule has 1 aromatic rings. The van der Waals surface area contributed by atoms with Gasteiger partial charge in [0.25, 0.3) is 9.05 Å². The van der Waals surface area contributed by atoms with Crippen LogP contribution in [-0.4, -0.2) is 18.0 Å². The molecule has 0 aliphatic carbocycles. The van der Waals surface area contributed by atoms with E-state index in [1.165, 1.54) is 6.20 Å². The Morgan fingerprint density at radius 1 is 1.33 bits per heavy atom. The fraction of sp³-hybridized carbons (Fsp3) is 0.750. The standard InChI is InChI=1S/C12H21ClN2O2S/c1-9(2)6-5-7-15-8-11(18(13,16)17)14-12(15)10(3)4/h8-10H,5-7H2,1-4H3. The first-order valence-corrected chi connectivity index (χ1v) is 8.54. The van der Waals surface area contributed by atoms with Gasteiger partial charge in [0.1, 0.15) is 5.82 Å². The highest BCUT2D eigenvalue weighted by molar-refractivity contribution is 8.13. The molecule has 4 nitrogen and oxygen atoms in total. The minimum Gasteiger partial charge on any atom is -0.333 e. The zero-order chi connectivity index (χ0) is 13.9. The summed E-state index contributed by atoms with van der Waals surface area (Å²) in [5.41, 5.74) is 0. The number of nitrogens with zero attached hydrogens (tertiary/aromatic N) is 2. The van der Waals surface area contributed by atoms with Crippen molar-refractivity contribution in [1.29, 1.82) is 0 Å². The Balaban J connectivity index is 2.92. The quantitative estimate of drug-likeness (QED) is 0.755. The normalized spacial score (nSPS) is 12.6. The van der Waals surface area contributed by atoms with Gasteiger partial charge in [0.15, 0.2) is 5.03 Å². The highest BCUT2D eigenvalue weighted by Crippen LogP contribution is 2.20. The van der Waals surface area contributed by atoms with Crippen molar-refractivity contribution in [2.45, 2.75) is 58.0 Å². The van der Waals surface area contributed by atoms with E-state index in [-0.39, 0.29) is 10.9 Å². The summed E-state index contributed by atoms with van der Waals surface area (Å²) in [7, 11) is 1.59. The molecule has 0 aromatic carbocycles. The lowest BCUT2D eigenvalue weighted by atomic mass is 10.1. The van der Waals surface area contributed by atoms with Gasteiger partial charge < -0.3 is 4.57 Å². The smallest absolute Gasteiger partial charge is 0.280 e. The molecule has 104 valence electrons. The maximum atomic E-state index is 11.3. The zero-order valence-corrected chi connectivity index (χ0v) is 12.9. The summed E-state index contributed by atoms with van der Waals surface area (Å²) in [6.45, 7) is 9.11. The van der Waals surface area contributed by atoms with Gasteiger partial charge in [0.05, 0.1) is 0 Å². The third-order valence-corrected chi connectivity index (χ3v) is 3.90. The van der Waals surface area contributed by atoms with Crippen molar-refractivity contribution < 1.29 is 8.42 Å². The number of aryl methyl sites for hydroxylation is 1. The van der Waals surface area contributed by atoms with E-state index >= 15 is 0 Å². The molecule has 1 rings (SSSR count). The Hall–Kier alpha value is -0.550. The molecular weight excluding hydrogens is 272 g/mol. The van der Waals surface area contributed by atoms with Crippen LogP contribution in [0, 0.1) is 5.92 Å². The fourth-order valence-corrected chi connectivity index (χ4v) is 2.51. The molecule has 0 spiro atoms. The van der Waals surface area contributed by atoms with Gasteiger partial charge in [-0.15, -0.1) is 0 Å². The van der Waals surface area contributed by atoms with Gasteiger partial charge in [0.2, 0.25) is 0 Å². The monoisotopic (exact) mass is 292 g/mol. The van der Waals surface area contributed by atoms with Crippen LogP contribution in [0.2, 0.25) is 0 Å². The average Bonchev–Trinajstić information content (AvgIpc) is 2.60. The molecule has 0 N–H and O–H groups in total. The lowest BCUT2D eigenvalue weighted by molar-refractivity contribution is 0.499. The van der Waals surface area contributed by atoms with Crippen molar-refractivity contribution in [2.24, 2.45) is 5.92 Å². The summed E-state index contributed by atoms with van der Waals surface area (Å²) < 4.78 is 24.5. The maximum absolute atomic E-state index is 11.3. The number of aromatic nitrogens is 2. The lowest BCUT2D eigenvalue weighted by Crippen LogP contribution is -2.05. The molecule has 1 heterocycles. The first kappa shape index (κ1) is 15.5. The van der Waals surface area contributed by atoms with E-state index in [1.54, 1.807) is 0 Å². The molecule has 0 saturated carbocycles. The second kappa shape index (κ2) is 6.06. The van der Waals surface area contributed by atoms with Gasteiger partial charge >= 0.3 is 0 Å². The third kappa shape index (κ3) is 4.28. The van der Waals surface area contributed by atoms with E-state index in [2.05, 4.69) is 18.8 Å². The summed E-state index contributed by atoms with van der Waals surface area (Å²) in [4.78, 5) is 4.12. The van der Waals surface area contributed by atoms with Crippen LogP contribution >= 0.6 is 10.7 Å². The molecule has 0 amide bonds. The topological polar surface area (TPSA) is 52.0 Å². The molecule has 6 heteroatoms. The number of hydrogen-bond acceptors (Lipinski definition) is 3. The minimum absolute atomic E-state index is 0.0441. The predicted molar refractivity (Wildman–Crippen MR) is 73.4 cm³/mol. The van der Waals surface area contributed by atoms with E-state index in [0.717, 1.165) is 25.2 Å². The Morgan fingerprint density at radius 2 is 1.94 bits per heavy atom. The number of halogens is 1. The summed E-state index contributed by atoms with van der Waals surface area (Å²) in [6, 6.07) is 0. The second-order valence-corrected chi connectivity index (χ2v) is 7.77. The molecular formula is C12H21ClN2O2S. The van der Waals surface area contributed by atoms with Crippen LogP contribution in [0.4, 0.5) is 0 Å². The average molecular weight is 293 g/mol. The Bertz CT molecular complexity index is 492. The molecule has 0 unspecified atom stereocenters. The van der Waals surface area contributed by atoms with Crippen LogP contribution in [0.25, 0.3) is 0 Å². The first-order valence-electron chi connectivity index (χ1n) is 6.23. The van der Waals surface area contributed by atoms with Gasteiger partial charge in [-0.05, 0) is 18.8 Å². The Labute approximate surface area is 114 Å². The summed E-state index contributed by atoms with van der Waals surface area (Å²) >= 11 is 0. The SMILES string of the molecule is CC(C)CCCn1cc(S(=O)(=O)Cl)nc1C(C)C. The molecule has 0 fully saturated rings. The van der Waals surface area contributed by atoms with Gasteiger partial charge in [-0.2, -0.15) is 0 Å². The van der Waals surface area contributed by atoms with Gasteiger partial charge in [0, 0.05) is 29.3 Å². The van der Waals surface area contributed by atoms with Crippen molar-refractivity contribution >= 4 is 19.7 Å². The van der Waals surface area contributed by atoms with Crippen LogP contribution in [0.3, 0.4) is 0 Å². The summed E-state index contributed by atoms with van der Waals surface area (Å²) in [6.07, 6.45) is 3.66. The van der Waals surface area contributed by atoms with Gasteiger partial charge in [-0.25, -0.2) is 13.4 Å². The fourth-order valence-electron chi connectivity index (χ4n) is 1.83. The zero-order valence-electron chi connectivity index (χ0n) is 11.4. The van der Waals surface area contributed by atoms with Gasteiger partial charge in [-0.1, -0.05) is 27.7 Å². The number of hydrogen-bond donors (Lipinski definition) is 0. The van der Waals surface area contributed by atoms with Crippen molar-refractivity contribution in [1.82, 2.24) is 9.55 Å². The summed E-state index contributed by atoms with van der Waals surface area (Å²) in [5.74, 6) is 1.60. The van der Waals surface area contributed by atoms with E-state index in [0.29, 0.717) is 5.92 Å². The van der Waals surface area contributed by atoms with E-state index < -0.39 is 9.05 Å². The first-order chi connectivity index (χ1) is 8.21. The summed E-state index contributed by atoms with van der Waals surface area (Å²) in [5, 5.41) is -0.0441. The van der Waals surface area contributed by atoms with E-state index in [1.807, 2.05) is 18.4 Å². The highest BCUT2D eigenvalue weighted by atomic mass is 35.7. The predicted octanol–water partition coefficient (Wildman–Crippen LogP) is 3.37. The van der Waals surface area contributed by atoms with E-state index in [4.69, 9.17) is 10.7 Å². The van der Waals surface area contributed by atoms with Crippen LogP contribution in [0.1, 0.15) is 52.3 Å². The van der Waals surface area contributed by atoms with Crippen molar-refractivity contribution in [3.63, 3.8) is 0 Å². The number of imidazole rings is 1. The maximum Gasteiger partial charge on any atom is 0.280 e. The van der Waals surface area contributed by atoms with Crippen molar-refractivity contribution in [2.75, 3.05) is 0 Å². The Kier molecular flexibility index (Phi) is 5.22. The minimum atomic E-state index is -3.74. The van der Waals surface area contributed by atoms with Crippen molar-refractivity contribution in [3.05, 3.63) is 12.0 Å². The van der Waals surface area contributed by atoms with Crippen LogP contribution in [-0.2, 0) is 15.6 Å². The van der Waals surface area contributed by atoms with Crippen molar-refractivity contribution in [3.8, 4) is 0 Å². The third-order valence-electron chi connectivity index (χ3n) is 2.73. The van der Waals surface area contributed by atoms with Crippen LogP contribution in [0.5, 0.6) is 0 Å². The molecule has 0 saturated heterocycles. The largest absolute Gasteiger partial charge is 0.333 e.